The van der Waals surface area contributed by atoms with Crippen LogP contribution in [0.25, 0.3) is 0 Å². The Morgan fingerprint density at radius 1 is 0.970 bits per heavy atom. The molecule has 3 aromatic rings. The van der Waals surface area contributed by atoms with Crippen LogP contribution in [0, 0.1) is 12.8 Å². The van der Waals surface area contributed by atoms with Gasteiger partial charge >= 0.3 is 0 Å². The molecular formula is C26H28N2O4S. The minimum atomic E-state index is -3.82. The van der Waals surface area contributed by atoms with Gasteiger partial charge in [0.1, 0.15) is 0 Å². The maximum absolute atomic E-state index is 13.1. The molecule has 0 unspecified atom stereocenters. The molecule has 0 saturated carbocycles. The van der Waals surface area contributed by atoms with Gasteiger partial charge < -0.3 is 10.0 Å². The number of benzene rings is 3. The fourth-order valence-electron chi connectivity index (χ4n) is 4.16. The molecule has 2 N–H and O–H groups in total. The molecular weight excluding hydrogens is 436 g/mol. The summed E-state index contributed by atoms with van der Waals surface area (Å²) in [7, 11) is -3.82. The number of rotatable bonds is 6. The normalized spacial score (nSPS) is 15.8. The van der Waals surface area contributed by atoms with Gasteiger partial charge in [-0.05, 0) is 61.6 Å². The molecule has 3 aromatic carbocycles. The van der Waals surface area contributed by atoms with Gasteiger partial charge in [-0.3, -0.25) is 9.52 Å². The van der Waals surface area contributed by atoms with Crippen LogP contribution in [0.15, 0.2) is 83.8 Å². The van der Waals surface area contributed by atoms with Gasteiger partial charge in [-0.1, -0.05) is 54.1 Å². The fourth-order valence-corrected chi connectivity index (χ4v) is 5.26. The van der Waals surface area contributed by atoms with Crippen LogP contribution >= 0.6 is 0 Å². The van der Waals surface area contributed by atoms with Gasteiger partial charge in [-0.25, -0.2) is 8.42 Å². The van der Waals surface area contributed by atoms with Crippen molar-refractivity contribution in [3.05, 3.63) is 95.6 Å². The average molecular weight is 465 g/mol. The quantitative estimate of drug-likeness (QED) is 0.567. The molecule has 7 heteroatoms. The summed E-state index contributed by atoms with van der Waals surface area (Å²) < 4.78 is 28.2. The lowest BCUT2D eigenvalue weighted by atomic mass is 9.87. The number of hydrogen-bond acceptors (Lipinski definition) is 4. The third kappa shape index (κ3) is 5.43. The van der Waals surface area contributed by atoms with Crippen LogP contribution in [0.4, 0.5) is 5.69 Å². The summed E-state index contributed by atoms with van der Waals surface area (Å²) in [6.07, 6.45) is 0.827. The molecule has 1 fully saturated rings. The Kier molecular flexibility index (Phi) is 6.81. The zero-order chi connectivity index (χ0) is 23.4. The van der Waals surface area contributed by atoms with E-state index in [2.05, 4.69) is 4.72 Å². The summed E-state index contributed by atoms with van der Waals surface area (Å²) in [5.74, 6) is -0.114. The molecule has 1 atom stereocenters. The number of aryl methyl sites for hydroxylation is 1. The number of anilines is 1. The second-order valence-electron chi connectivity index (χ2n) is 8.48. The number of aliphatic hydroxyl groups excluding tert-OH is 1. The van der Waals surface area contributed by atoms with E-state index in [1.165, 1.54) is 12.1 Å². The fraction of sp³-hybridized carbons (Fsp3) is 0.269. The van der Waals surface area contributed by atoms with E-state index in [1.54, 1.807) is 29.2 Å². The number of sulfonamides is 1. The first kappa shape index (κ1) is 23.0. The minimum Gasteiger partial charge on any atom is -0.388 e. The number of hydrogen-bond donors (Lipinski definition) is 2. The van der Waals surface area contributed by atoms with Crippen molar-refractivity contribution in [3.63, 3.8) is 0 Å². The molecule has 1 heterocycles. The first-order valence-corrected chi connectivity index (χ1v) is 12.5. The third-order valence-corrected chi connectivity index (χ3v) is 7.49. The molecule has 0 aliphatic carbocycles. The van der Waals surface area contributed by atoms with Crippen LogP contribution < -0.4 is 4.72 Å². The number of nitrogens with zero attached hydrogens (tertiary/aromatic N) is 1. The van der Waals surface area contributed by atoms with Crippen LogP contribution in [-0.4, -0.2) is 37.4 Å². The SMILES string of the molecule is Cc1ccc(NS(=O)(=O)c2cccc(C(=O)N3CCC([C@@H](O)c4ccccc4)CC3)c2)cc1. The number of likely N-dealkylation sites (tertiary alicyclic amines) is 1. The number of nitrogens with one attached hydrogen (secondary N) is 1. The first-order valence-electron chi connectivity index (χ1n) is 11.1. The number of piperidine rings is 1. The summed E-state index contributed by atoms with van der Waals surface area (Å²) in [6, 6.07) is 22.8. The van der Waals surface area contributed by atoms with E-state index in [-0.39, 0.29) is 16.7 Å². The molecule has 0 bridgehead atoms. The van der Waals surface area contributed by atoms with Crippen molar-refractivity contribution in [2.45, 2.75) is 30.8 Å². The van der Waals surface area contributed by atoms with Crippen LogP contribution in [0.2, 0.25) is 0 Å². The predicted octanol–water partition coefficient (Wildman–Crippen LogP) is 4.38. The highest BCUT2D eigenvalue weighted by Crippen LogP contribution is 2.31. The second kappa shape index (κ2) is 9.77. The number of aliphatic hydroxyl groups is 1. The molecule has 172 valence electrons. The maximum atomic E-state index is 13.1. The van der Waals surface area contributed by atoms with E-state index < -0.39 is 16.1 Å². The van der Waals surface area contributed by atoms with E-state index in [4.69, 9.17) is 0 Å². The summed E-state index contributed by atoms with van der Waals surface area (Å²) >= 11 is 0. The molecule has 4 rings (SSSR count). The van der Waals surface area contributed by atoms with E-state index in [0.29, 0.717) is 37.2 Å². The molecule has 0 radical (unpaired) electrons. The highest BCUT2D eigenvalue weighted by molar-refractivity contribution is 7.92. The largest absolute Gasteiger partial charge is 0.388 e. The van der Waals surface area contributed by atoms with Crippen molar-refractivity contribution in [3.8, 4) is 0 Å². The van der Waals surface area contributed by atoms with Crippen LogP contribution in [0.5, 0.6) is 0 Å². The molecule has 6 nitrogen and oxygen atoms in total. The molecule has 0 spiro atoms. The van der Waals surface area contributed by atoms with Crippen LogP contribution in [-0.2, 0) is 10.0 Å². The van der Waals surface area contributed by atoms with Crippen LogP contribution in [0.1, 0.15) is 40.4 Å². The topological polar surface area (TPSA) is 86.7 Å². The first-order chi connectivity index (χ1) is 15.8. The smallest absolute Gasteiger partial charge is 0.261 e. The van der Waals surface area contributed by atoms with Gasteiger partial charge in [0.25, 0.3) is 15.9 Å². The summed E-state index contributed by atoms with van der Waals surface area (Å²) in [5, 5.41) is 10.7. The van der Waals surface area contributed by atoms with E-state index in [1.807, 2.05) is 49.4 Å². The molecule has 1 aliphatic rings. The maximum Gasteiger partial charge on any atom is 0.261 e. The average Bonchev–Trinajstić information content (AvgIpc) is 2.85. The van der Waals surface area contributed by atoms with E-state index in [9.17, 15) is 18.3 Å². The summed E-state index contributed by atoms with van der Waals surface area (Å²) in [4.78, 5) is 14.8. The van der Waals surface area contributed by atoms with Gasteiger partial charge in [0.2, 0.25) is 0 Å². The Balaban J connectivity index is 1.42. The van der Waals surface area contributed by atoms with Crippen molar-refractivity contribution in [1.29, 1.82) is 0 Å². The molecule has 33 heavy (non-hydrogen) atoms. The van der Waals surface area contributed by atoms with Crippen LogP contribution in [0.3, 0.4) is 0 Å². The molecule has 0 aromatic heterocycles. The molecule has 1 amide bonds. The van der Waals surface area contributed by atoms with Gasteiger partial charge in [0.05, 0.1) is 11.0 Å². The molecule has 1 aliphatic heterocycles. The van der Waals surface area contributed by atoms with Crippen molar-refractivity contribution in [1.82, 2.24) is 4.90 Å². The lowest BCUT2D eigenvalue weighted by Gasteiger charge is -2.34. The van der Waals surface area contributed by atoms with Gasteiger partial charge in [0.15, 0.2) is 0 Å². The van der Waals surface area contributed by atoms with Gasteiger partial charge in [-0.2, -0.15) is 0 Å². The minimum absolute atomic E-state index is 0.0447. The van der Waals surface area contributed by atoms with Crippen molar-refractivity contribution in [2.75, 3.05) is 17.8 Å². The van der Waals surface area contributed by atoms with Gasteiger partial charge in [-0.15, -0.1) is 0 Å². The Morgan fingerprint density at radius 2 is 1.64 bits per heavy atom. The lowest BCUT2D eigenvalue weighted by molar-refractivity contribution is 0.0462. The van der Waals surface area contributed by atoms with Crippen molar-refractivity contribution < 1.29 is 18.3 Å². The highest BCUT2D eigenvalue weighted by atomic mass is 32.2. The number of amides is 1. The van der Waals surface area contributed by atoms with Gasteiger partial charge in [0, 0.05) is 24.3 Å². The van der Waals surface area contributed by atoms with Crippen molar-refractivity contribution in [2.24, 2.45) is 5.92 Å². The highest BCUT2D eigenvalue weighted by Gasteiger charge is 2.29. The predicted molar refractivity (Wildman–Crippen MR) is 128 cm³/mol. The third-order valence-electron chi connectivity index (χ3n) is 6.11. The monoisotopic (exact) mass is 464 g/mol. The Hall–Kier alpha value is -3.16. The summed E-state index contributed by atoms with van der Waals surface area (Å²) in [6.45, 7) is 2.97. The summed E-state index contributed by atoms with van der Waals surface area (Å²) in [5.41, 5.74) is 2.73. The molecule has 1 saturated heterocycles. The number of carbonyl (C=O) groups excluding carboxylic acids is 1. The lowest BCUT2D eigenvalue weighted by Crippen LogP contribution is -2.39. The second-order valence-corrected chi connectivity index (χ2v) is 10.2. The zero-order valence-corrected chi connectivity index (χ0v) is 19.3. The zero-order valence-electron chi connectivity index (χ0n) is 18.5. The van der Waals surface area contributed by atoms with E-state index >= 15 is 0 Å². The van der Waals surface area contributed by atoms with Crippen molar-refractivity contribution >= 4 is 21.6 Å². The number of carbonyl (C=O) groups is 1. The standard InChI is InChI=1S/C26H28N2O4S/c1-19-10-12-23(13-11-19)27-33(31,32)24-9-5-8-22(18-24)26(30)28-16-14-21(15-17-28)25(29)20-6-3-2-4-7-20/h2-13,18,21,25,27,29H,14-17H2,1H3/t25-/m0/s1. The Morgan fingerprint density at radius 3 is 2.30 bits per heavy atom. The van der Waals surface area contributed by atoms with E-state index in [0.717, 1.165) is 11.1 Å². The Bertz CT molecular complexity index is 1200. The Labute approximate surface area is 194 Å².